The van der Waals surface area contributed by atoms with Gasteiger partial charge in [-0.15, -0.1) is 0 Å². The first-order valence-electron chi connectivity index (χ1n) is 7.14. The van der Waals surface area contributed by atoms with Gasteiger partial charge in [0.05, 0.1) is 3.57 Å². The lowest BCUT2D eigenvalue weighted by Crippen LogP contribution is -1.87. The molecule has 1 nitrogen and oxygen atoms in total. The Labute approximate surface area is 142 Å². The van der Waals surface area contributed by atoms with E-state index in [1.54, 1.807) is 0 Å². The summed E-state index contributed by atoms with van der Waals surface area (Å²) in [5.41, 5.74) is 1.99. The minimum atomic E-state index is 0.357. The second-order valence-corrected chi connectivity index (χ2v) is 6.49. The van der Waals surface area contributed by atoms with Gasteiger partial charge >= 0.3 is 0 Å². The SMILES string of the molecule is Oc1c(I)cc2ccccc2c1-c1cccc2ccccc12. The van der Waals surface area contributed by atoms with Gasteiger partial charge in [-0.25, -0.2) is 0 Å². The minimum Gasteiger partial charge on any atom is -0.506 e. The molecule has 0 aliphatic rings. The standard InChI is InChI=1S/C20H13IO/c21-18-12-14-7-2-4-10-16(14)19(20(18)22)17-11-5-8-13-6-1-3-9-15(13)17/h1-12,22H. The lowest BCUT2D eigenvalue weighted by atomic mass is 9.93. The Bertz CT molecular complexity index is 1000. The third kappa shape index (κ3) is 2.06. The predicted octanol–water partition coefficient (Wildman–Crippen LogP) is 5.97. The summed E-state index contributed by atoms with van der Waals surface area (Å²) >= 11 is 2.20. The molecule has 0 amide bonds. The van der Waals surface area contributed by atoms with Gasteiger partial charge in [0.15, 0.2) is 0 Å². The highest BCUT2D eigenvalue weighted by Crippen LogP contribution is 2.42. The van der Waals surface area contributed by atoms with Crippen molar-refractivity contribution >= 4 is 44.1 Å². The van der Waals surface area contributed by atoms with E-state index in [1.165, 1.54) is 5.39 Å². The molecule has 4 aromatic carbocycles. The van der Waals surface area contributed by atoms with Crippen LogP contribution in [0.25, 0.3) is 32.7 Å². The van der Waals surface area contributed by atoms with Gasteiger partial charge in [0.1, 0.15) is 5.75 Å². The van der Waals surface area contributed by atoms with Crippen molar-refractivity contribution in [2.24, 2.45) is 0 Å². The van der Waals surface area contributed by atoms with Crippen molar-refractivity contribution in [3.63, 3.8) is 0 Å². The summed E-state index contributed by atoms with van der Waals surface area (Å²) in [4.78, 5) is 0. The Morgan fingerprint density at radius 3 is 2.14 bits per heavy atom. The molecule has 0 fully saturated rings. The number of aromatic hydroxyl groups is 1. The smallest absolute Gasteiger partial charge is 0.137 e. The summed E-state index contributed by atoms with van der Waals surface area (Å²) in [5, 5.41) is 15.3. The van der Waals surface area contributed by atoms with Gasteiger partial charge in [0, 0.05) is 5.56 Å². The van der Waals surface area contributed by atoms with Crippen molar-refractivity contribution in [2.75, 3.05) is 0 Å². The molecule has 0 aromatic heterocycles. The Balaban J connectivity index is 2.19. The number of phenolic OH excluding ortho intramolecular Hbond substituents is 1. The van der Waals surface area contributed by atoms with Gasteiger partial charge in [-0.1, -0.05) is 66.7 Å². The van der Waals surface area contributed by atoms with Gasteiger partial charge in [0.25, 0.3) is 0 Å². The van der Waals surface area contributed by atoms with Crippen LogP contribution in [0.15, 0.2) is 72.8 Å². The third-order valence-electron chi connectivity index (χ3n) is 4.03. The summed E-state index contributed by atoms with van der Waals surface area (Å²) in [6, 6.07) is 24.8. The van der Waals surface area contributed by atoms with E-state index in [1.807, 2.05) is 36.4 Å². The minimum absolute atomic E-state index is 0.357. The number of halogens is 1. The van der Waals surface area contributed by atoms with Crippen LogP contribution in [0.3, 0.4) is 0 Å². The fraction of sp³-hybridized carbons (Fsp3) is 0. The highest BCUT2D eigenvalue weighted by molar-refractivity contribution is 14.1. The zero-order chi connectivity index (χ0) is 15.1. The number of benzene rings is 4. The molecule has 1 N–H and O–H groups in total. The molecule has 0 saturated carbocycles. The van der Waals surface area contributed by atoms with Crippen LogP contribution in [0, 0.1) is 3.57 Å². The maximum absolute atomic E-state index is 10.7. The van der Waals surface area contributed by atoms with Crippen molar-refractivity contribution in [2.45, 2.75) is 0 Å². The molecule has 0 atom stereocenters. The Morgan fingerprint density at radius 2 is 1.32 bits per heavy atom. The van der Waals surface area contributed by atoms with E-state index in [-0.39, 0.29) is 0 Å². The quantitative estimate of drug-likeness (QED) is 0.393. The molecule has 0 aliphatic carbocycles. The van der Waals surface area contributed by atoms with Crippen molar-refractivity contribution in [3.05, 3.63) is 76.4 Å². The van der Waals surface area contributed by atoms with Crippen LogP contribution in [0.1, 0.15) is 0 Å². The van der Waals surface area contributed by atoms with Crippen molar-refractivity contribution in [1.29, 1.82) is 0 Å². The average molecular weight is 396 g/mol. The molecule has 0 aliphatic heterocycles. The van der Waals surface area contributed by atoms with E-state index < -0.39 is 0 Å². The second-order valence-electron chi connectivity index (χ2n) is 5.33. The van der Waals surface area contributed by atoms with E-state index in [9.17, 15) is 5.11 Å². The average Bonchev–Trinajstić information content (AvgIpc) is 2.56. The van der Waals surface area contributed by atoms with E-state index in [2.05, 4.69) is 59.0 Å². The summed E-state index contributed by atoms with van der Waals surface area (Å²) < 4.78 is 0.874. The molecular formula is C20H13IO. The lowest BCUT2D eigenvalue weighted by Gasteiger charge is -2.13. The van der Waals surface area contributed by atoms with E-state index >= 15 is 0 Å². The topological polar surface area (TPSA) is 20.2 Å². The number of phenols is 1. The van der Waals surface area contributed by atoms with Crippen LogP contribution in [0.2, 0.25) is 0 Å². The Hall–Kier alpha value is -2.07. The van der Waals surface area contributed by atoms with E-state index in [0.29, 0.717) is 5.75 Å². The van der Waals surface area contributed by atoms with Crippen LogP contribution in [-0.2, 0) is 0 Å². The molecule has 4 aromatic rings. The van der Waals surface area contributed by atoms with Crippen LogP contribution in [-0.4, -0.2) is 5.11 Å². The fourth-order valence-corrected chi connectivity index (χ4v) is 3.62. The first-order valence-corrected chi connectivity index (χ1v) is 8.22. The maximum Gasteiger partial charge on any atom is 0.137 e. The Kier molecular flexibility index (Phi) is 3.26. The zero-order valence-electron chi connectivity index (χ0n) is 11.8. The van der Waals surface area contributed by atoms with E-state index in [4.69, 9.17) is 0 Å². The fourth-order valence-electron chi connectivity index (χ4n) is 3.02. The molecule has 0 spiro atoms. The third-order valence-corrected chi connectivity index (χ3v) is 4.86. The van der Waals surface area contributed by atoms with Gasteiger partial charge in [0.2, 0.25) is 0 Å². The number of hydrogen-bond acceptors (Lipinski definition) is 1. The first-order chi connectivity index (χ1) is 10.8. The molecule has 0 radical (unpaired) electrons. The summed E-state index contributed by atoms with van der Waals surface area (Å²) in [5.74, 6) is 0.357. The highest BCUT2D eigenvalue weighted by atomic mass is 127. The largest absolute Gasteiger partial charge is 0.506 e. The van der Waals surface area contributed by atoms with Gasteiger partial charge in [-0.05, 0) is 55.8 Å². The van der Waals surface area contributed by atoms with E-state index in [0.717, 1.165) is 30.9 Å². The molecule has 22 heavy (non-hydrogen) atoms. The monoisotopic (exact) mass is 396 g/mol. The van der Waals surface area contributed by atoms with Gasteiger partial charge in [-0.2, -0.15) is 0 Å². The lowest BCUT2D eigenvalue weighted by molar-refractivity contribution is 0.474. The van der Waals surface area contributed by atoms with Gasteiger partial charge < -0.3 is 5.11 Å². The van der Waals surface area contributed by atoms with Crippen molar-refractivity contribution in [3.8, 4) is 16.9 Å². The number of rotatable bonds is 1. The summed E-state index contributed by atoms with van der Waals surface area (Å²) in [6.07, 6.45) is 0. The summed E-state index contributed by atoms with van der Waals surface area (Å²) in [6.45, 7) is 0. The first kappa shape index (κ1) is 13.6. The molecule has 0 heterocycles. The van der Waals surface area contributed by atoms with Crippen LogP contribution in [0.5, 0.6) is 5.75 Å². The molecular weight excluding hydrogens is 383 g/mol. The predicted molar refractivity (Wildman–Crippen MR) is 101 cm³/mol. The van der Waals surface area contributed by atoms with Crippen molar-refractivity contribution < 1.29 is 5.11 Å². The normalized spacial score (nSPS) is 11.1. The second kappa shape index (κ2) is 5.29. The maximum atomic E-state index is 10.7. The Morgan fingerprint density at radius 1 is 0.682 bits per heavy atom. The summed E-state index contributed by atoms with van der Waals surface area (Å²) in [7, 11) is 0. The molecule has 106 valence electrons. The number of hydrogen-bond donors (Lipinski definition) is 1. The molecule has 2 heteroatoms. The van der Waals surface area contributed by atoms with Crippen molar-refractivity contribution in [1.82, 2.24) is 0 Å². The highest BCUT2D eigenvalue weighted by Gasteiger charge is 2.14. The number of fused-ring (bicyclic) bond motifs is 2. The molecule has 0 unspecified atom stereocenters. The molecule has 0 saturated heterocycles. The van der Waals surface area contributed by atoms with Crippen LogP contribution in [0.4, 0.5) is 0 Å². The van der Waals surface area contributed by atoms with Crippen LogP contribution >= 0.6 is 22.6 Å². The molecule has 0 bridgehead atoms. The zero-order valence-corrected chi connectivity index (χ0v) is 13.9. The van der Waals surface area contributed by atoms with Crippen LogP contribution < -0.4 is 0 Å². The van der Waals surface area contributed by atoms with Gasteiger partial charge in [-0.3, -0.25) is 0 Å². The molecule has 4 rings (SSSR count).